The van der Waals surface area contributed by atoms with Gasteiger partial charge in [0.25, 0.3) is 0 Å². The van der Waals surface area contributed by atoms with E-state index < -0.39 is 0 Å². The van der Waals surface area contributed by atoms with E-state index in [-0.39, 0.29) is 11.8 Å². The summed E-state index contributed by atoms with van der Waals surface area (Å²) in [5, 5.41) is 0.536. The van der Waals surface area contributed by atoms with Gasteiger partial charge in [-0.25, -0.2) is 0 Å². The summed E-state index contributed by atoms with van der Waals surface area (Å²) in [7, 11) is 0. The number of ketones is 1. The molecule has 1 heterocycles. The second-order valence-electron chi connectivity index (χ2n) is 4.29. The summed E-state index contributed by atoms with van der Waals surface area (Å²) in [4.78, 5) is 15.6. The number of Topliss-reactive ketones (excluding diaryl/α,β-unsaturated/α-hetero) is 1. The van der Waals surface area contributed by atoms with Gasteiger partial charge in [0.05, 0.1) is 5.02 Å². The predicted octanol–water partition coefficient (Wildman–Crippen LogP) is 2.22. The van der Waals surface area contributed by atoms with Gasteiger partial charge in [0.1, 0.15) is 5.78 Å². The van der Waals surface area contributed by atoms with Crippen LogP contribution in [0.3, 0.4) is 0 Å². The van der Waals surface area contributed by atoms with Crippen molar-refractivity contribution >= 4 is 17.4 Å². The molecule has 1 aromatic heterocycles. The van der Waals surface area contributed by atoms with E-state index in [1.165, 1.54) is 0 Å². The number of hydrogen-bond donors (Lipinski definition) is 1. The van der Waals surface area contributed by atoms with Crippen molar-refractivity contribution in [3.63, 3.8) is 0 Å². The highest BCUT2D eigenvalue weighted by Crippen LogP contribution is 2.15. The van der Waals surface area contributed by atoms with Crippen LogP contribution in [0.15, 0.2) is 18.5 Å². The monoisotopic (exact) mass is 240 g/mol. The Bertz CT molecular complexity index is 366. The quantitative estimate of drug-likeness (QED) is 0.859. The molecule has 16 heavy (non-hydrogen) atoms. The average Bonchev–Trinajstić information content (AvgIpc) is 2.21. The number of carbonyl (C=O) groups excluding carboxylic acids is 1. The smallest absolute Gasteiger partial charge is 0.138 e. The summed E-state index contributed by atoms with van der Waals surface area (Å²) in [5.41, 5.74) is 6.66. The first-order valence-electron chi connectivity index (χ1n) is 5.36. The molecule has 0 spiro atoms. The van der Waals surface area contributed by atoms with Gasteiger partial charge >= 0.3 is 0 Å². The van der Waals surface area contributed by atoms with Crippen LogP contribution < -0.4 is 5.73 Å². The summed E-state index contributed by atoms with van der Waals surface area (Å²) in [5.74, 6) is 0.436. The standard InChI is InChI=1S/C12H17ClN2O/c1-8(2)12(14)6-10(16)5-9-3-4-15-7-11(9)13/h3-4,7-8,12H,5-6,14H2,1-2H3. The van der Waals surface area contributed by atoms with Crippen LogP contribution in [0.25, 0.3) is 0 Å². The summed E-state index contributed by atoms with van der Waals surface area (Å²) in [6.07, 6.45) is 3.92. The van der Waals surface area contributed by atoms with Crippen molar-refractivity contribution in [1.29, 1.82) is 0 Å². The van der Waals surface area contributed by atoms with Gasteiger partial charge in [-0.2, -0.15) is 0 Å². The minimum Gasteiger partial charge on any atom is -0.327 e. The molecule has 2 N–H and O–H groups in total. The Morgan fingerprint density at radius 3 is 2.81 bits per heavy atom. The van der Waals surface area contributed by atoms with E-state index in [9.17, 15) is 4.79 Å². The number of rotatable bonds is 5. The molecule has 0 aromatic carbocycles. The highest BCUT2D eigenvalue weighted by Gasteiger charge is 2.14. The number of nitrogens with zero attached hydrogens (tertiary/aromatic N) is 1. The van der Waals surface area contributed by atoms with Gasteiger partial charge in [-0.1, -0.05) is 25.4 Å². The Morgan fingerprint density at radius 1 is 1.56 bits per heavy atom. The van der Waals surface area contributed by atoms with E-state index in [0.717, 1.165) is 5.56 Å². The van der Waals surface area contributed by atoms with Crippen molar-refractivity contribution in [2.24, 2.45) is 11.7 Å². The lowest BCUT2D eigenvalue weighted by atomic mass is 9.97. The van der Waals surface area contributed by atoms with Gasteiger partial charge in [0.15, 0.2) is 0 Å². The van der Waals surface area contributed by atoms with E-state index >= 15 is 0 Å². The normalized spacial score (nSPS) is 12.8. The molecule has 0 saturated heterocycles. The highest BCUT2D eigenvalue weighted by atomic mass is 35.5. The Labute approximate surface area is 101 Å². The van der Waals surface area contributed by atoms with Crippen molar-refractivity contribution in [3.05, 3.63) is 29.0 Å². The van der Waals surface area contributed by atoms with Crippen molar-refractivity contribution in [1.82, 2.24) is 4.98 Å². The first-order chi connectivity index (χ1) is 7.50. The van der Waals surface area contributed by atoms with Crippen molar-refractivity contribution in [2.45, 2.75) is 32.7 Å². The van der Waals surface area contributed by atoms with Gasteiger partial charge < -0.3 is 5.73 Å². The fourth-order valence-corrected chi connectivity index (χ4v) is 1.52. The molecule has 3 nitrogen and oxygen atoms in total. The SMILES string of the molecule is CC(C)C(N)CC(=O)Cc1ccncc1Cl. The Kier molecular flexibility index (Phi) is 4.90. The second kappa shape index (κ2) is 5.97. The Hall–Kier alpha value is -0.930. The molecule has 0 saturated carbocycles. The molecular formula is C12H17ClN2O. The number of halogens is 1. The molecule has 0 bridgehead atoms. The molecule has 1 unspecified atom stereocenters. The number of hydrogen-bond acceptors (Lipinski definition) is 3. The maximum absolute atomic E-state index is 11.7. The molecule has 0 aliphatic carbocycles. The van der Waals surface area contributed by atoms with Crippen LogP contribution in [0, 0.1) is 5.92 Å². The Morgan fingerprint density at radius 2 is 2.25 bits per heavy atom. The number of pyridine rings is 1. The molecule has 88 valence electrons. The van der Waals surface area contributed by atoms with Crippen LogP contribution in [-0.2, 0) is 11.2 Å². The lowest BCUT2D eigenvalue weighted by molar-refractivity contribution is -0.118. The number of nitrogens with two attached hydrogens (primary N) is 1. The van der Waals surface area contributed by atoms with E-state index in [0.29, 0.717) is 23.8 Å². The van der Waals surface area contributed by atoms with Gasteiger partial charge in [0.2, 0.25) is 0 Å². The average molecular weight is 241 g/mol. The zero-order valence-corrected chi connectivity index (χ0v) is 10.4. The van der Waals surface area contributed by atoms with E-state index in [2.05, 4.69) is 4.98 Å². The van der Waals surface area contributed by atoms with Gasteiger partial charge in [-0.05, 0) is 17.5 Å². The fourth-order valence-electron chi connectivity index (χ4n) is 1.33. The van der Waals surface area contributed by atoms with Crippen LogP contribution in [-0.4, -0.2) is 16.8 Å². The van der Waals surface area contributed by atoms with Gasteiger partial charge in [0, 0.05) is 31.3 Å². The molecule has 1 rings (SSSR count). The molecule has 1 aromatic rings. The summed E-state index contributed by atoms with van der Waals surface area (Å²) in [6.45, 7) is 4.02. The maximum Gasteiger partial charge on any atom is 0.138 e. The van der Waals surface area contributed by atoms with Crippen LogP contribution in [0.5, 0.6) is 0 Å². The number of carbonyl (C=O) groups is 1. The van der Waals surface area contributed by atoms with Crippen LogP contribution in [0.2, 0.25) is 5.02 Å². The largest absolute Gasteiger partial charge is 0.327 e. The first-order valence-corrected chi connectivity index (χ1v) is 5.74. The fraction of sp³-hybridized carbons (Fsp3) is 0.500. The lowest BCUT2D eigenvalue weighted by Crippen LogP contribution is -2.29. The molecular weight excluding hydrogens is 224 g/mol. The van der Waals surface area contributed by atoms with Gasteiger partial charge in [-0.15, -0.1) is 0 Å². The Balaban J connectivity index is 2.55. The summed E-state index contributed by atoms with van der Waals surface area (Å²) >= 11 is 5.92. The van der Waals surface area contributed by atoms with Crippen molar-refractivity contribution in [3.8, 4) is 0 Å². The topological polar surface area (TPSA) is 56.0 Å². The van der Waals surface area contributed by atoms with Crippen molar-refractivity contribution < 1.29 is 4.79 Å². The van der Waals surface area contributed by atoms with E-state index in [1.807, 2.05) is 13.8 Å². The minimum absolute atomic E-state index is 0.0758. The second-order valence-corrected chi connectivity index (χ2v) is 4.70. The van der Waals surface area contributed by atoms with Crippen LogP contribution >= 0.6 is 11.6 Å². The van der Waals surface area contributed by atoms with Gasteiger partial charge in [-0.3, -0.25) is 9.78 Å². The molecule has 0 aliphatic heterocycles. The molecule has 1 atom stereocenters. The van der Waals surface area contributed by atoms with Crippen molar-refractivity contribution in [2.75, 3.05) is 0 Å². The zero-order chi connectivity index (χ0) is 12.1. The molecule has 0 amide bonds. The molecule has 0 fully saturated rings. The maximum atomic E-state index is 11.7. The lowest BCUT2D eigenvalue weighted by Gasteiger charge is -2.14. The van der Waals surface area contributed by atoms with E-state index in [1.54, 1.807) is 18.5 Å². The zero-order valence-electron chi connectivity index (χ0n) is 9.61. The number of aromatic nitrogens is 1. The summed E-state index contributed by atoms with van der Waals surface area (Å²) in [6, 6.07) is 1.69. The third kappa shape index (κ3) is 3.91. The summed E-state index contributed by atoms with van der Waals surface area (Å²) < 4.78 is 0. The molecule has 4 heteroatoms. The van der Waals surface area contributed by atoms with Crippen LogP contribution in [0.1, 0.15) is 25.8 Å². The predicted molar refractivity (Wildman–Crippen MR) is 65.4 cm³/mol. The van der Waals surface area contributed by atoms with E-state index in [4.69, 9.17) is 17.3 Å². The van der Waals surface area contributed by atoms with Crippen LogP contribution in [0.4, 0.5) is 0 Å². The molecule has 0 aliphatic rings. The first kappa shape index (κ1) is 13.1. The third-order valence-corrected chi connectivity index (χ3v) is 2.90. The third-order valence-electron chi connectivity index (χ3n) is 2.56. The highest BCUT2D eigenvalue weighted by molar-refractivity contribution is 6.31. The molecule has 0 radical (unpaired) electrons. The minimum atomic E-state index is -0.0758.